The van der Waals surface area contributed by atoms with Crippen molar-refractivity contribution in [3.63, 3.8) is 0 Å². The van der Waals surface area contributed by atoms with E-state index >= 15 is 0 Å². The number of hydrogen-bond acceptors (Lipinski definition) is 4. The lowest BCUT2D eigenvalue weighted by atomic mass is 10.1. The van der Waals surface area contributed by atoms with E-state index in [0.29, 0.717) is 5.82 Å². The molecule has 3 rings (SSSR count). The molecule has 5 nitrogen and oxygen atoms in total. The molecule has 0 spiro atoms. The van der Waals surface area contributed by atoms with Crippen LogP contribution in [-0.4, -0.2) is 41.6 Å². The number of methoxy groups -OCH3 is 1. The van der Waals surface area contributed by atoms with Crippen LogP contribution in [0, 0.1) is 6.92 Å². The fraction of sp³-hybridized carbons (Fsp3) is 0.368. The van der Waals surface area contributed by atoms with Gasteiger partial charge in [0.1, 0.15) is 11.6 Å². The van der Waals surface area contributed by atoms with Gasteiger partial charge in [0.05, 0.1) is 12.8 Å². The van der Waals surface area contributed by atoms with Crippen molar-refractivity contribution in [2.75, 3.05) is 26.7 Å². The lowest BCUT2D eigenvalue weighted by molar-refractivity contribution is 0.318. The molecule has 0 amide bonds. The quantitative estimate of drug-likeness (QED) is 0.936. The highest BCUT2D eigenvalue weighted by Crippen LogP contribution is 2.13. The molecule has 5 heteroatoms. The average Bonchev–Trinajstić information content (AvgIpc) is 2.78. The first-order chi connectivity index (χ1) is 11.7. The molecule has 126 valence electrons. The van der Waals surface area contributed by atoms with E-state index in [1.807, 2.05) is 31.2 Å². The maximum Gasteiger partial charge on any atom is 0.254 e. The van der Waals surface area contributed by atoms with Crippen molar-refractivity contribution in [2.45, 2.75) is 19.8 Å². The highest BCUT2D eigenvalue weighted by Gasteiger charge is 2.17. The lowest BCUT2D eigenvalue weighted by Crippen LogP contribution is -2.26. The summed E-state index contributed by atoms with van der Waals surface area (Å²) in [5.74, 6) is 1.57. The van der Waals surface area contributed by atoms with Gasteiger partial charge in [0.25, 0.3) is 5.56 Å². The van der Waals surface area contributed by atoms with Gasteiger partial charge in [-0.15, -0.1) is 0 Å². The Bertz CT molecular complexity index is 778. The summed E-state index contributed by atoms with van der Waals surface area (Å²) in [5.41, 5.74) is 2.98. The Morgan fingerprint density at radius 1 is 1.25 bits per heavy atom. The molecule has 24 heavy (non-hydrogen) atoms. The third kappa shape index (κ3) is 3.92. The maximum absolute atomic E-state index is 12.1. The normalized spacial score (nSPS) is 15.2. The van der Waals surface area contributed by atoms with Crippen LogP contribution in [0.2, 0.25) is 0 Å². The predicted molar refractivity (Wildman–Crippen MR) is 95.5 cm³/mol. The molecule has 2 aromatic rings. The molecule has 1 aliphatic heterocycles. The Morgan fingerprint density at radius 2 is 2.00 bits per heavy atom. The Labute approximate surface area is 142 Å². The summed E-state index contributed by atoms with van der Waals surface area (Å²) in [6, 6.07) is 8.00. The number of ether oxygens (including phenoxy) is 1. The minimum absolute atomic E-state index is 0.0214. The molecule has 0 saturated heterocycles. The van der Waals surface area contributed by atoms with Gasteiger partial charge < -0.3 is 9.72 Å². The molecule has 0 fully saturated rings. The standard InChI is InChI=1S/C19H23N3O2/c1-14-20-18-10-13-22(12-9-17(18)19(23)21-14)11-3-4-15-5-7-16(24-2)8-6-15/h3-8H,9-13H2,1-2H3,(H,20,21,23). The molecular weight excluding hydrogens is 302 g/mol. The SMILES string of the molecule is COc1ccc(C=CCN2CCc3nc(C)[nH]c(=O)c3CC2)cc1. The number of hydrogen-bond donors (Lipinski definition) is 1. The van der Waals surface area contributed by atoms with Crippen LogP contribution in [0.1, 0.15) is 22.6 Å². The van der Waals surface area contributed by atoms with Crippen molar-refractivity contribution in [3.05, 3.63) is 63.3 Å². The summed E-state index contributed by atoms with van der Waals surface area (Å²) in [4.78, 5) is 21.7. The molecule has 0 radical (unpaired) electrons. The van der Waals surface area contributed by atoms with E-state index < -0.39 is 0 Å². The predicted octanol–water partition coefficient (Wildman–Crippen LogP) is 2.20. The number of H-pyrrole nitrogens is 1. The van der Waals surface area contributed by atoms with Gasteiger partial charge in [0.15, 0.2) is 0 Å². The van der Waals surface area contributed by atoms with Gasteiger partial charge in [-0.3, -0.25) is 9.69 Å². The fourth-order valence-electron chi connectivity index (χ4n) is 3.01. The smallest absolute Gasteiger partial charge is 0.254 e. The van der Waals surface area contributed by atoms with E-state index in [4.69, 9.17) is 4.74 Å². The second-order valence-electron chi connectivity index (χ2n) is 6.05. The van der Waals surface area contributed by atoms with Gasteiger partial charge in [-0.05, 0) is 31.0 Å². The van der Waals surface area contributed by atoms with Crippen LogP contribution in [-0.2, 0) is 12.8 Å². The lowest BCUT2D eigenvalue weighted by Gasteiger charge is -2.16. The number of nitrogens with one attached hydrogen (secondary N) is 1. The molecule has 1 aromatic heterocycles. The number of aromatic nitrogens is 2. The van der Waals surface area contributed by atoms with Crippen molar-refractivity contribution in [1.29, 1.82) is 0 Å². The molecule has 2 heterocycles. The fourth-order valence-corrected chi connectivity index (χ4v) is 3.01. The number of rotatable bonds is 4. The zero-order valence-corrected chi connectivity index (χ0v) is 14.2. The average molecular weight is 325 g/mol. The monoisotopic (exact) mass is 325 g/mol. The van der Waals surface area contributed by atoms with Crippen molar-refractivity contribution in [1.82, 2.24) is 14.9 Å². The Hall–Kier alpha value is -2.40. The summed E-state index contributed by atoms with van der Waals surface area (Å²) in [5, 5.41) is 0. The molecule has 1 aliphatic rings. The number of fused-ring (bicyclic) bond motifs is 1. The first kappa shape index (κ1) is 16.5. The van der Waals surface area contributed by atoms with Crippen molar-refractivity contribution < 1.29 is 4.74 Å². The van der Waals surface area contributed by atoms with Crippen LogP contribution >= 0.6 is 0 Å². The highest BCUT2D eigenvalue weighted by atomic mass is 16.5. The van der Waals surface area contributed by atoms with Crippen molar-refractivity contribution in [3.8, 4) is 5.75 Å². The van der Waals surface area contributed by atoms with Crippen molar-refractivity contribution >= 4 is 6.08 Å². The number of aryl methyl sites for hydroxylation is 1. The second-order valence-corrected chi connectivity index (χ2v) is 6.05. The van der Waals surface area contributed by atoms with E-state index in [1.54, 1.807) is 7.11 Å². The molecule has 0 aliphatic carbocycles. The number of benzene rings is 1. The summed E-state index contributed by atoms with van der Waals surface area (Å²) in [7, 11) is 1.67. The van der Waals surface area contributed by atoms with E-state index in [-0.39, 0.29) is 5.56 Å². The second kappa shape index (κ2) is 7.45. The van der Waals surface area contributed by atoms with Crippen LogP contribution in [0.5, 0.6) is 5.75 Å². The van der Waals surface area contributed by atoms with Crippen LogP contribution in [0.15, 0.2) is 35.1 Å². The van der Waals surface area contributed by atoms with Gasteiger partial charge in [0.2, 0.25) is 0 Å². The highest BCUT2D eigenvalue weighted by molar-refractivity contribution is 5.50. The molecule has 0 bridgehead atoms. The zero-order valence-electron chi connectivity index (χ0n) is 14.2. The van der Waals surface area contributed by atoms with Crippen molar-refractivity contribution in [2.24, 2.45) is 0 Å². The Morgan fingerprint density at radius 3 is 2.75 bits per heavy atom. The van der Waals surface area contributed by atoms with E-state index in [9.17, 15) is 4.79 Å². The van der Waals surface area contributed by atoms with Crippen LogP contribution in [0.3, 0.4) is 0 Å². The van der Waals surface area contributed by atoms with E-state index in [1.165, 1.54) is 0 Å². The van der Waals surface area contributed by atoms with E-state index in [0.717, 1.165) is 55.0 Å². The summed E-state index contributed by atoms with van der Waals surface area (Å²) < 4.78 is 5.17. The van der Waals surface area contributed by atoms with Crippen LogP contribution in [0.25, 0.3) is 6.08 Å². The molecule has 1 aromatic carbocycles. The van der Waals surface area contributed by atoms with Crippen LogP contribution in [0.4, 0.5) is 0 Å². The third-order valence-electron chi connectivity index (χ3n) is 4.35. The maximum atomic E-state index is 12.1. The number of aromatic amines is 1. The first-order valence-corrected chi connectivity index (χ1v) is 8.27. The molecule has 1 N–H and O–H groups in total. The van der Waals surface area contributed by atoms with Gasteiger partial charge in [-0.1, -0.05) is 24.3 Å². The first-order valence-electron chi connectivity index (χ1n) is 8.27. The number of nitrogens with zero attached hydrogens (tertiary/aromatic N) is 2. The van der Waals surface area contributed by atoms with Gasteiger partial charge in [-0.25, -0.2) is 4.98 Å². The molecular formula is C19H23N3O2. The summed E-state index contributed by atoms with van der Waals surface area (Å²) >= 11 is 0. The topological polar surface area (TPSA) is 58.2 Å². The van der Waals surface area contributed by atoms with E-state index in [2.05, 4.69) is 27.0 Å². The Kier molecular flexibility index (Phi) is 5.11. The Balaban J connectivity index is 1.60. The van der Waals surface area contributed by atoms with Gasteiger partial charge in [0, 0.05) is 31.6 Å². The third-order valence-corrected chi connectivity index (χ3v) is 4.35. The summed E-state index contributed by atoms with van der Waals surface area (Å²) in [6.07, 6.45) is 5.87. The zero-order chi connectivity index (χ0) is 16.9. The largest absolute Gasteiger partial charge is 0.497 e. The molecule has 0 unspecified atom stereocenters. The summed E-state index contributed by atoms with van der Waals surface area (Å²) in [6.45, 7) is 4.52. The van der Waals surface area contributed by atoms with Gasteiger partial charge >= 0.3 is 0 Å². The van der Waals surface area contributed by atoms with Crippen LogP contribution < -0.4 is 10.3 Å². The minimum atomic E-state index is 0.0214. The molecule has 0 saturated carbocycles. The van der Waals surface area contributed by atoms with Gasteiger partial charge in [-0.2, -0.15) is 0 Å². The minimum Gasteiger partial charge on any atom is -0.497 e. The molecule has 0 atom stereocenters.